The van der Waals surface area contributed by atoms with E-state index in [1.807, 2.05) is 0 Å². The number of hydrogen-bond acceptors (Lipinski definition) is 3. The van der Waals surface area contributed by atoms with E-state index in [0.717, 1.165) is 22.9 Å². The summed E-state index contributed by atoms with van der Waals surface area (Å²) < 4.78 is 0. The van der Waals surface area contributed by atoms with Gasteiger partial charge in [0, 0.05) is 5.92 Å². The predicted octanol–water partition coefficient (Wildman–Crippen LogP) is 3.67. The molecule has 0 bridgehead atoms. The van der Waals surface area contributed by atoms with Crippen LogP contribution in [-0.4, -0.2) is 19.9 Å². The Bertz CT molecular complexity index is 526. The number of imidazole rings is 1. The first-order valence-electron chi connectivity index (χ1n) is 7.19. The minimum atomic E-state index is 0.435. The highest BCUT2D eigenvalue weighted by Crippen LogP contribution is 2.42. The van der Waals surface area contributed by atoms with Crippen molar-refractivity contribution >= 4 is 11.2 Å². The Morgan fingerprint density at radius 2 is 1.89 bits per heavy atom. The number of aromatic nitrogens is 4. The number of H-pyrrole nitrogens is 1. The molecule has 1 N–H and O–H groups in total. The third-order valence-electron chi connectivity index (χ3n) is 4.52. The summed E-state index contributed by atoms with van der Waals surface area (Å²) >= 11 is 0. The average molecular weight is 258 g/mol. The van der Waals surface area contributed by atoms with Crippen LogP contribution in [0.15, 0.2) is 12.5 Å². The Hall–Kier alpha value is -1.45. The molecular formula is C15H22N4. The van der Waals surface area contributed by atoms with E-state index in [9.17, 15) is 0 Å². The fourth-order valence-corrected chi connectivity index (χ4v) is 3.21. The van der Waals surface area contributed by atoms with Crippen molar-refractivity contribution in [2.75, 3.05) is 0 Å². The van der Waals surface area contributed by atoms with Gasteiger partial charge in [-0.05, 0) is 37.0 Å². The molecule has 0 aromatic carbocycles. The van der Waals surface area contributed by atoms with Gasteiger partial charge in [0.1, 0.15) is 17.7 Å². The fraction of sp³-hybridized carbons (Fsp3) is 0.667. The first kappa shape index (κ1) is 12.6. The van der Waals surface area contributed by atoms with Crippen molar-refractivity contribution in [3.63, 3.8) is 0 Å². The summed E-state index contributed by atoms with van der Waals surface area (Å²) in [6, 6.07) is 0. The fourth-order valence-electron chi connectivity index (χ4n) is 3.21. The Morgan fingerprint density at radius 1 is 1.16 bits per heavy atom. The van der Waals surface area contributed by atoms with Gasteiger partial charge in [0.05, 0.1) is 6.20 Å². The molecule has 1 aliphatic carbocycles. The van der Waals surface area contributed by atoms with Crippen molar-refractivity contribution in [2.45, 2.75) is 52.4 Å². The van der Waals surface area contributed by atoms with Crippen LogP contribution in [0.2, 0.25) is 0 Å². The lowest BCUT2D eigenvalue weighted by atomic mass is 9.70. The Morgan fingerprint density at radius 3 is 2.53 bits per heavy atom. The standard InChI is InChI=1S/C15H22N4/c1-15(2,3)11-6-4-10(5-7-11)13-18-12-8-16-9-17-14(12)19-13/h8-11H,4-7H2,1-3H3,(H,16,17,18,19). The van der Waals surface area contributed by atoms with Crippen molar-refractivity contribution in [3.05, 3.63) is 18.3 Å². The van der Waals surface area contributed by atoms with E-state index in [1.54, 1.807) is 12.5 Å². The first-order chi connectivity index (χ1) is 9.04. The van der Waals surface area contributed by atoms with E-state index < -0.39 is 0 Å². The molecule has 1 saturated carbocycles. The number of aromatic amines is 1. The van der Waals surface area contributed by atoms with Crippen LogP contribution in [0.1, 0.15) is 58.2 Å². The van der Waals surface area contributed by atoms with Gasteiger partial charge < -0.3 is 4.98 Å². The van der Waals surface area contributed by atoms with Gasteiger partial charge in [0.2, 0.25) is 0 Å². The van der Waals surface area contributed by atoms with E-state index in [-0.39, 0.29) is 0 Å². The van der Waals surface area contributed by atoms with Crippen LogP contribution in [0.3, 0.4) is 0 Å². The molecule has 0 spiro atoms. The maximum Gasteiger partial charge on any atom is 0.180 e. The molecule has 0 unspecified atom stereocenters. The van der Waals surface area contributed by atoms with Gasteiger partial charge in [-0.2, -0.15) is 0 Å². The molecule has 3 rings (SSSR count). The molecule has 2 aromatic rings. The minimum Gasteiger partial charge on any atom is -0.339 e. The third kappa shape index (κ3) is 2.48. The van der Waals surface area contributed by atoms with Crippen LogP contribution in [-0.2, 0) is 0 Å². The Labute approximate surface area is 114 Å². The summed E-state index contributed by atoms with van der Waals surface area (Å²) in [6.07, 6.45) is 8.43. The van der Waals surface area contributed by atoms with Crippen molar-refractivity contribution < 1.29 is 0 Å². The second-order valence-electron chi connectivity index (χ2n) is 6.80. The topological polar surface area (TPSA) is 54.5 Å². The van der Waals surface area contributed by atoms with Gasteiger partial charge >= 0.3 is 0 Å². The first-order valence-corrected chi connectivity index (χ1v) is 7.19. The van der Waals surface area contributed by atoms with E-state index >= 15 is 0 Å². The molecule has 2 aromatic heterocycles. The number of nitrogens with zero attached hydrogens (tertiary/aromatic N) is 3. The average Bonchev–Trinajstić information content (AvgIpc) is 2.81. The molecule has 4 heteroatoms. The molecule has 19 heavy (non-hydrogen) atoms. The van der Waals surface area contributed by atoms with E-state index in [0.29, 0.717) is 11.3 Å². The lowest BCUT2D eigenvalue weighted by Crippen LogP contribution is -2.25. The highest BCUT2D eigenvalue weighted by molar-refractivity contribution is 5.68. The zero-order valence-electron chi connectivity index (χ0n) is 12.0. The minimum absolute atomic E-state index is 0.435. The third-order valence-corrected chi connectivity index (χ3v) is 4.52. The van der Waals surface area contributed by atoms with Crippen LogP contribution in [0.25, 0.3) is 11.2 Å². The maximum atomic E-state index is 4.62. The second-order valence-corrected chi connectivity index (χ2v) is 6.80. The molecule has 1 aliphatic rings. The van der Waals surface area contributed by atoms with Gasteiger partial charge in [0.15, 0.2) is 5.65 Å². The van der Waals surface area contributed by atoms with Crippen molar-refractivity contribution in [1.29, 1.82) is 0 Å². The van der Waals surface area contributed by atoms with E-state index in [4.69, 9.17) is 0 Å². The zero-order valence-corrected chi connectivity index (χ0v) is 12.0. The van der Waals surface area contributed by atoms with Crippen molar-refractivity contribution in [1.82, 2.24) is 19.9 Å². The molecular weight excluding hydrogens is 236 g/mol. The quantitative estimate of drug-likeness (QED) is 0.849. The monoisotopic (exact) mass is 258 g/mol. The summed E-state index contributed by atoms with van der Waals surface area (Å²) in [5, 5.41) is 0. The SMILES string of the molecule is CC(C)(C)C1CCC(c2nc3ncncc3[nH]2)CC1. The molecule has 2 heterocycles. The van der Waals surface area contributed by atoms with Crippen LogP contribution in [0.5, 0.6) is 0 Å². The van der Waals surface area contributed by atoms with E-state index in [2.05, 4.69) is 40.7 Å². The maximum absolute atomic E-state index is 4.62. The lowest BCUT2D eigenvalue weighted by molar-refractivity contribution is 0.167. The zero-order chi connectivity index (χ0) is 13.5. The summed E-state index contributed by atoms with van der Waals surface area (Å²) in [5.74, 6) is 2.50. The number of fused-ring (bicyclic) bond motifs is 1. The normalized spacial score (nSPS) is 24.8. The molecule has 0 saturated heterocycles. The van der Waals surface area contributed by atoms with Crippen molar-refractivity contribution in [3.8, 4) is 0 Å². The van der Waals surface area contributed by atoms with Crippen LogP contribution in [0, 0.1) is 11.3 Å². The summed E-state index contributed by atoms with van der Waals surface area (Å²) in [6.45, 7) is 7.07. The predicted molar refractivity (Wildman–Crippen MR) is 75.8 cm³/mol. The molecule has 1 fully saturated rings. The van der Waals surface area contributed by atoms with Gasteiger partial charge in [-0.1, -0.05) is 20.8 Å². The Kier molecular flexibility index (Phi) is 3.03. The molecule has 0 amide bonds. The van der Waals surface area contributed by atoms with Crippen LogP contribution < -0.4 is 0 Å². The Balaban J connectivity index is 1.74. The van der Waals surface area contributed by atoms with Gasteiger partial charge in [-0.3, -0.25) is 0 Å². The molecule has 4 nitrogen and oxygen atoms in total. The second kappa shape index (κ2) is 4.58. The highest BCUT2D eigenvalue weighted by Gasteiger charge is 2.31. The number of rotatable bonds is 1. The lowest BCUT2D eigenvalue weighted by Gasteiger charge is -2.36. The van der Waals surface area contributed by atoms with Gasteiger partial charge in [-0.25, -0.2) is 15.0 Å². The molecule has 0 atom stereocenters. The number of hydrogen-bond donors (Lipinski definition) is 1. The summed E-state index contributed by atoms with van der Waals surface area (Å²) in [7, 11) is 0. The molecule has 102 valence electrons. The smallest absolute Gasteiger partial charge is 0.180 e. The highest BCUT2D eigenvalue weighted by atomic mass is 15.0. The summed E-state index contributed by atoms with van der Waals surface area (Å²) in [4.78, 5) is 16.2. The van der Waals surface area contributed by atoms with Crippen molar-refractivity contribution in [2.24, 2.45) is 11.3 Å². The molecule has 0 radical (unpaired) electrons. The number of nitrogens with one attached hydrogen (secondary N) is 1. The van der Waals surface area contributed by atoms with Gasteiger partial charge in [0.25, 0.3) is 0 Å². The largest absolute Gasteiger partial charge is 0.339 e. The van der Waals surface area contributed by atoms with Crippen LogP contribution >= 0.6 is 0 Å². The molecule has 0 aliphatic heterocycles. The van der Waals surface area contributed by atoms with E-state index in [1.165, 1.54) is 25.7 Å². The summed E-state index contributed by atoms with van der Waals surface area (Å²) in [5.41, 5.74) is 2.18. The van der Waals surface area contributed by atoms with Crippen LogP contribution in [0.4, 0.5) is 0 Å². The van der Waals surface area contributed by atoms with Gasteiger partial charge in [-0.15, -0.1) is 0 Å².